The lowest BCUT2D eigenvalue weighted by atomic mass is 9.90. The highest BCUT2D eigenvalue weighted by Gasteiger charge is 2.41. The van der Waals surface area contributed by atoms with Crippen molar-refractivity contribution < 1.29 is 28.5 Å². The molecule has 33 heavy (non-hydrogen) atoms. The highest BCUT2D eigenvalue weighted by atomic mass is 16.5. The Morgan fingerprint density at radius 1 is 0.939 bits per heavy atom. The molecule has 0 N–H and O–H groups in total. The molecule has 0 unspecified atom stereocenters. The van der Waals surface area contributed by atoms with Crippen LogP contribution in [-0.4, -0.2) is 26.2 Å². The molecule has 0 spiro atoms. The summed E-state index contributed by atoms with van der Waals surface area (Å²) in [5, 5.41) is 0. The number of rotatable bonds is 7. The van der Waals surface area contributed by atoms with E-state index in [-0.39, 0.29) is 0 Å². The Kier molecular flexibility index (Phi) is 6.74. The van der Waals surface area contributed by atoms with Crippen molar-refractivity contribution in [3.8, 4) is 11.5 Å². The largest absolute Gasteiger partial charge is 0.489 e. The Hall–Kier alpha value is -4.06. The van der Waals surface area contributed by atoms with E-state index in [4.69, 9.17) is 14.2 Å². The van der Waals surface area contributed by atoms with Crippen molar-refractivity contribution in [2.75, 3.05) is 14.2 Å². The van der Waals surface area contributed by atoms with Gasteiger partial charge >= 0.3 is 11.9 Å². The van der Waals surface area contributed by atoms with Crippen LogP contribution in [0.4, 0.5) is 0 Å². The Morgan fingerprint density at radius 3 is 2.39 bits per heavy atom. The molecule has 0 radical (unpaired) electrons. The highest BCUT2D eigenvalue weighted by Crippen LogP contribution is 2.47. The van der Waals surface area contributed by atoms with Crippen LogP contribution in [0.3, 0.4) is 0 Å². The third-order valence-electron chi connectivity index (χ3n) is 5.45. The minimum absolute atomic E-state index is 0.391. The van der Waals surface area contributed by atoms with E-state index >= 15 is 0 Å². The van der Waals surface area contributed by atoms with Gasteiger partial charge in [-0.3, -0.25) is 4.79 Å². The van der Waals surface area contributed by atoms with E-state index in [1.54, 1.807) is 12.1 Å². The molecule has 0 amide bonds. The lowest BCUT2D eigenvalue weighted by molar-refractivity contribution is -0.144. The first-order chi connectivity index (χ1) is 16.1. The molecule has 0 saturated carbocycles. The molecule has 2 atom stereocenters. The molecule has 6 heteroatoms. The van der Waals surface area contributed by atoms with Gasteiger partial charge in [-0.25, -0.2) is 4.79 Å². The summed E-state index contributed by atoms with van der Waals surface area (Å²) in [5.41, 5.74) is 3.38. The van der Waals surface area contributed by atoms with Crippen LogP contribution in [0, 0.1) is 0 Å². The molecule has 6 nitrogen and oxygen atoms in total. The van der Waals surface area contributed by atoms with Gasteiger partial charge in [-0.05, 0) is 47.0 Å². The van der Waals surface area contributed by atoms with Gasteiger partial charge in [0.15, 0.2) is 0 Å². The summed E-state index contributed by atoms with van der Waals surface area (Å²) in [6, 6.07) is 22.9. The third-order valence-corrected chi connectivity index (χ3v) is 5.45. The SMILES string of the molecule is COC(=O)C=Cc1ccc2c(c1)[C@H](C(=O)OC)[C@@H](c1ccc(OCc3ccccc3)cc1)O2. The van der Waals surface area contributed by atoms with Crippen LogP contribution < -0.4 is 9.47 Å². The average molecular weight is 444 g/mol. The van der Waals surface area contributed by atoms with Crippen LogP contribution >= 0.6 is 0 Å². The second-order valence-corrected chi connectivity index (χ2v) is 7.54. The van der Waals surface area contributed by atoms with Gasteiger partial charge < -0.3 is 18.9 Å². The van der Waals surface area contributed by atoms with Crippen LogP contribution in [-0.2, 0) is 25.7 Å². The number of esters is 2. The van der Waals surface area contributed by atoms with Gasteiger partial charge in [0.2, 0.25) is 0 Å². The van der Waals surface area contributed by atoms with E-state index in [0.717, 1.165) is 22.4 Å². The quantitative estimate of drug-likeness (QED) is 0.384. The molecule has 1 heterocycles. The van der Waals surface area contributed by atoms with Crippen molar-refractivity contribution >= 4 is 18.0 Å². The number of fused-ring (bicyclic) bond motifs is 1. The summed E-state index contributed by atoms with van der Waals surface area (Å²) < 4.78 is 21.7. The molecule has 0 bridgehead atoms. The molecule has 168 valence electrons. The van der Waals surface area contributed by atoms with Crippen LogP contribution in [0.25, 0.3) is 6.08 Å². The maximum atomic E-state index is 12.7. The molecular formula is C27H24O6. The van der Waals surface area contributed by atoms with Gasteiger partial charge in [0.25, 0.3) is 0 Å². The zero-order valence-corrected chi connectivity index (χ0v) is 18.4. The maximum absolute atomic E-state index is 12.7. The number of methoxy groups -OCH3 is 2. The van der Waals surface area contributed by atoms with Crippen molar-refractivity contribution in [3.63, 3.8) is 0 Å². The van der Waals surface area contributed by atoms with Crippen molar-refractivity contribution in [1.82, 2.24) is 0 Å². The van der Waals surface area contributed by atoms with E-state index in [1.165, 1.54) is 20.3 Å². The first kappa shape index (κ1) is 22.1. The Morgan fingerprint density at radius 2 is 1.70 bits per heavy atom. The van der Waals surface area contributed by atoms with Gasteiger partial charge in [0, 0.05) is 11.6 Å². The van der Waals surface area contributed by atoms with E-state index < -0.39 is 24.0 Å². The highest BCUT2D eigenvalue weighted by molar-refractivity contribution is 5.87. The number of benzene rings is 3. The number of carbonyl (C=O) groups excluding carboxylic acids is 2. The van der Waals surface area contributed by atoms with Crippen LogP contribution in [0.2, 0.25) is 0 Å². The first-order valence-corrected chi connectivity index (χ1v) is 10.5. The van der Waals surface area contributed by atoms with Gasteiger partial charge in [-0.2, -0.15) is 0 Å². The van der Waals surface area contributed by atoms with E-state index in [0.29, 0.717) is 17.9 Å². The molecule has 0 aliphatic carbocycles. The summed E-state index contributed by atoms with van der Waals surface area (Å²) in [7, 11) is 2.68. The standard InChI is InChI=1S/C27H24O6/c1-30-24(28)15-9-18-8-14-23-22(16-18)25(27(29)31-2)26(33-23)20-10-12-21(13-11-20)32-17-19-6-4-3-5-7-19/h3-16,25-26H,17H2,1-2H3/t25-,26+/m0/s1. The van der Waals surface area contributed by atoms with Crippen molar-refractivity contribution in [2.45, 2.75) is 18.6 Å². The maximum Gasteiger partial charge on any atom is 0.330 e. The average Bonchev–Trinajstić information content (AvgIpc) is 3.25. The monoisotopic (exact) mass is 444 g/mol. The predicted octanol–water partition coefficient (Wildman–Crippen LogP) is 4.84. The fourth-order valence-electron chi connectivity index (χ4n) is 3.75. The number of ether oxygens (including phenoxy) is 4. The summed E-state index contributed by atoms with van der Waals surface area (Å²) >= 11 is 0. The molecule has 1 aliphatic rings. The minimum Gasteiger partial charge on any atom is -0.489 e. The molecule has 1 aliphatic heterocycles. The smallest absolute Gasteiger partial charge is 0.330 e. The predicted molar refractivity (Wildman–Crippen MR) is 123 cm³/mol. The van der Waals surface area contributed by atoms with Gasteiger partial charge in [0.05, 0.1) is 14.2 Å². The van der Waals surface area contributed by atoms with Crippen molar-refractivity contribution in [3.05, 3.63) is 101 Å². The third kappa shape index (κ3) is 5.06. The minimum atomic E-state index is -0.632. The van der Waals surface area contributed by atoms with E-state index in [9.17, 15) is 9.59 Å². The summed E-state index contributed by atoms with van der Waals surface area (Å²) in [6.07, 6.45) is 2.43. The Balaban J connectivity index is 1.54. The van der Waals surface area contributed by atoms with E-state index in [1.807, 2.05) is 66.7 Å². The second kappa shape index (κ2) is 10.0. The number of hydrogen-bond donors (Lipinski definition) is 0. The Labute approximate surface area is 192 Å². The normalized spacial score (nSPS) is 16.7. The molecule has 3 aromatic carbocycles. The molecule has 4 rings (SSSR count). The number of carbonyl (C=O) groups is 2. The summed E-state index contributed by atoms with van der Waals surface area (Å²) in [4.78, 5) is 24.1. The molecular weight excluding hydrogens is 420 g/mol. The first-order valence-electron chi connectivity index (χ1n) is 10.5. The molecule has 0 fully saturated rings. The Bertz CT molecular complexity index is 1150. The zero-order chi connectivity index (χ0) is 23.2. The van der Waals surface area contributed by atoms with Crippen molar-refractivity contribution in [2.24, 2.45) is 0 Å². The zero-order valence-electron chi connectivity index (χ0n) is 18.4. The summed E-state index contributed by atoms with van der Waals surface area (Å²) in [6.45, 7) is 0.470. The molecule has 0 aromatic heterocycles. The molecule has 0 saturated heterocycles. The van der Waals surface area contributed by atoms with Crippen LogP contribution in [0.1, 0.15) is 34.3 Å². The lowest BCUT2D eigenvalue weighted by Crippen LogP contribution is -2.20. The van der Waals surface area contributed by atoms with Gasteiger partial charge in [-0.15, -0.1) is 0 Å². The van der Waals surface area contributed by atoms with Crippen molar-refractivity contribution in [1.29, 1.82) is 0 Å². The summed E-state index contributed by atoms with van der Waals surface area (Å²) in [5.74, 6) is -0.147. The van der Waals surface area contributed by atoms with Gasteiger partial charge in [0.1, 0.15) is 30.1 Å². The molecule has 3 aromatic rings. The van der Waals surface area contributed by atoms with Gasteiger partial charge in [-0.1, -0.05) is 48.5 Å². The fourth-order valence-corrected chi connectivity index (χ4v) is 3.75. The van der Waals surface area contributed by atoms with E-state index in [2.05, 4.69) is 4.74 Å². The number of hydrogen-bond acceptors (Lipinski definition) is 6. The van der Waals surface area contributed by atoms with Crippen LogP contribution in [0.5, 0.6) is 11.5 Å². The second-order valence-electron chi connectivity index (χ2n) is 7.54. The lowest BCUT2D eigenvalue weighted by Gasteiger charge is -2.18. The fraction of sp³-hybridized carbons (Fsp3) is 0.185. The topological polar surface area (TPSA) is 71.1 Å². The van der Waals surface area contributed by atoms with Crippen LogP contribution in [0.15, 0.2) is 78.9 Å².